The number of aromatic nitrogens is 2. The first-order valence-electron chi connectivity index (χ1n) is 9.48. The van der Waals surface area contributed by atoms with Crippen LogP contribution in [0, 0.1) is 5.92 Å². The third-order valence-corrected chi connectivity index (χ3v) is 4.32. The molecule has 0 aliphatic carbocycles. The van der Waals surface area contributed by atoms with Crippen LogP contribution in [0.25, 0.3) is 11.3 Å². The fraction of sp³-hybridized carbons (Fsp3) is 0.476. The van der Waals surface area contributed by atoms with Crippen LogP contribution in [0.15, 0.2) is 36.8 Å². The van der Waals surface area contributed by atoms with Crippen molar-refractivity contribution in [2.75, 3.05) is 5.32 Å². The molecule has 2 rings (SSSR count). The van der Waals surface area contributed by atoms with Gasteiger partial charge in [0.05, 0.1) is 12.0 Å². The molecule has 1 aromatic carbocycles. The maximum absolute atomic E-state index is 12.8. The number of carbonyl (C=O) groups is 2. The lowest BCUT2D eigenvalue weighted by molar-refractivity contribution is -0.119. The second kappa shape index (κ2) is 8.91. The summed E-state index contributed by atoms with van der Waals surface area (Å²) >= 11 is 0. The van der Waals surface area contributed by atoms with E-state index < -0.39 is 17.7 Å². The van der Waals surface area contributed by atoms with Crippen LogP contribution < -0.4 is 10.6 Å². The third-order valence-electron chi connectivity index (χ3n) is 4.32. The number of hydrogen-bond acceptors (Lipinski definition) is 4. The number of benzene rings is 1. The zero-order valence-corrected chi connectivity index (χ0v) is 17.4. The van der Waals surface area contributed by atoms with E-state index in [2.05, 4.69) is 15.6 Å². The lowest BCUT2D eigenvalue weighted by Crippen LogP contribution is -2.49. The Kier molecular flexibility index (Phi) is 6.83. The highest BCUT2D eigenvalue weighted by atomic mass is 16.6. The van der Waals surface area contributed by atoms with Crippen LogP contribution in [0.5, 0.6) is 0 Å². The predicted molar refractivity (Wildman–Crippen MR) is 110 cm³/mol. The molecule has 0 saturated carbocycles. The summed E-state index contributed by atoms with van der Waals surface area (Å²) in [5, 5.41) is 5.57. The Bertz CT molecular complexity index is 806. The zero-order valence-electron chi connectivity index (χ0n) is 17.4. The molecule has 2 amide bonds. The van der Waals surface area contributed by atoms with Gasteiger partial charge in [-0.15, -0.1) is 0 Å². The van der Waals surface area contributed by atoms with E-state index in [0.29, 0.717) is 5.69 Å². The minimum atomic E-state index is -0.685. The summed E-state index contributed by atoms with van der Waals surface area (Å²) < 4.78 is 7.17. The van der Waals surface area contributed by atoms with Crippen LogP contribution in [0.2, 0.25) is 0 Å². The minimum absolute atomic E-state index is 0.0414. The number of anilines is 1. The highest BCUT2D eigenvalue weighted by Crippen LogP contribution is 2.20. The number of ether oxygens (including phenoxy) is 1. The lowest BCUT2D eigenvalue weighted by Gasteiger charge is -2.26. The van der Waals surface area contributed by atoms with Crippen molar-refractivity contribution < 1.29 is 14.3 Å². The number of alkyl carbamates (subject to hydrolysis) is 1. The Morgan fingerprint density at radius 1 is 1.21 bits per heavy atom. The summed E-state index contributed by atoms with van der Waals surface area (Å²) in [5.74, 6) is -0.314. The summed E-state index contributed by atoms with van der Waals surface area (Å²) in [6.45, 7) is 9.26. The molecule has 0 radical (unpaired) electrons. The fourth-order valence-electron chi connectivity index (χ4n) is 2.64. The van der Waals surface area contributed by atoms with Crippen molar-refractivity contribution in [3.63, 3.8) is 0 Å². The lowest BCUT2D eigenvalue weighted by atomic mass is 9.98. The summed E-state index contributed by atoms with van der Waals surface area (Å²) in [6, 6.07) is 6.76. The van der Waals surface area contributed by atoms with Crippen molar-refractivity contribution in [3.8, 4) is 11.3 Å². The van der Waals surface area contributed by atoms with E-state index in [4.69, 9.17) is 4.74 Å². The highest BCUT2D eigenvalue weighted by molar-refractivity contribution is 5.97. The highest BCUT2D eigenvalue weighted by Gasteiger charge is 2.28. The predicted octanol–water partition coefficient (Wildman–Crippen LogP) is 3.97. The zero-order chi connectivity index (χ0) is 20.9. The van der Waals surface area contributed by atoms with Gasteiger partial charge in [-0.3, -0.25) is 4.79 Å². The molecule has 0 saturated heterocycles. The van der Waals surface area contributed by atoms with Gasteiger partial charge in [0.1, 0.15) is 11.6 Å². The number of carbonyl (C=O) groups excluding carboxylic acids is 2. The maximum atomic E-state index is 12.8. The molecule has 0 fully saturated rings. The van der Waals surface area contributed by atoms with E-state index in [-0.39, 0.29) is 11.8 Å². The topological polar surface area (TPSA) is 85.2 Å². The Hall–Kier alpha value is -2.83. The quantitative estimate of drug-likeness (QED) is 0.787. The summed E-state index contributed by atoms with van der Waals surface area (Å²) in [6.07, 6.45) is 3.81. The third kappa shape index (κ3) is 6.11. The largest absolute Gasteiger partial charge is 0.444 e. The standard InChI is InChI=1S/C21H30N4O3/c1-7-14(2)18(24-20(27)28-21(3,4)5)19(26)23-16-10-8-15(9-11-16)17-12-25(6)13-22-17/h8-14,18H,7H2,1-6H3,(H,23,26)(H,24,27)/t14-,18-/m0/s1. The molecule has 0 bridgehead atoms. The molecule has 2 N–H and O–H groups in total. The van der Waals surface area contributed by atoms with Crippen molar-refractivity contribution in [3.05, 3.63) is 36.8 Å². The van der Waals surface area contributed by atoms with E-state index in [0.717, 1.165) is 17.7 Å². The fourth-order valence-corrected chi connectivity index (χ4v) is 2.64. The molecule has 1 aromatic heterocycles. The Labute approximate surface area is 166 Å². The van der Waals surface area contributed by atoms with Gasteiger partial charge in [-0.05, 0) is 38.8 Å². The molecule has 0 unspecified atom stereocenters. The summed E-state index contributed by atoms with van der Waals surface area (Å²) in [4.78, 5) is 29.2. The van der Waals surface area contributed by atoms with E-state index in [9.17, 15) is 9.59 Å². The first kappa shape index (κ1) is 21.5. The second-order valence-corrected chi connectivity index (χ2v) is 8.00. The van der Waals surface area contributed by atoms with E-state index in [1.54, 1.807) is 27.1 Å². The van der Waals surface area contributed by atoms with Gasteiger partial charge < -0.3 is 19.9 Å². The average molecular weight is 386 g/mol. The Balaban J connectivity index is 2.07. The van der Waals surface area contributed by atoms with Gasteiger partial charge >= 0.3 is 6.09 Å². The number of rotatable bonds is 6. The van der Waals surface area contributed by atoms with Crippen LogP contribution in [-0.2, 0) is 16.6 Å². The molecule has 2 aromatic rings. The van der Waals surface area contributed by atoms with Crippen LogP contribution in [-0.4, -0.2) is 33.2 Å². The molecule has 0 spiro atoms. The van der Waals surface area contributed by atoms with Gasteiger partial charge in [0.15, 0.2) is 0 Å². The molecule has 152 valence electrons. The van der Waals surface area contributed by atoms with Crippen molar-refractivity contribution in [1.29, 1.82) is 0 Å². The van der Waals surface area contributed by atoms with Gasteiger partial charge in [0.25, 0.3) is 0 Å². The molecule has 0 aliphatic rings. The number of amides is 2. The second-order valence-electron chi connectivity index (χ2n) is 8.00. The number of nitrogens with one attached hydrogen (secondary N) is 2. The molecule has 0 aliphatic heterocycles. The van der Waals surface area contributed by atoms with Crippen molar-refractivity contribution >= 4 is 17.7 Å². The van der Waals surface area contributed by atoms with E-state index in [1.807, 2.05) is 55.9 Å². The van der Waals surface area contributed by atoms with E-state index in [1.165, 1.54) is 0 Å². The summed E-state index contributed by atoms with van der Waals surface area (Å²) in [5.41, 5.74) is 1.86. The first-order valence-corrected chi connectivity index (χ1v) is 9.48. The Morgan fingerprint density at radius 3 is 2.36 bits per heavy atom. The SMILES string of the molecule is CC[C@H](C)[C@H](NC(=O)OC(C)(C)C)C(=O)Nc1ccc(-c2cn(C)cn2)cc1. The number of hydrogen-bond donors (Lipinski definition) is 2. The van der Waals surface area contributed by atoms with Crippen LogP contribution >= 0.6 is 0 Å². The molecule has 7 heteroatoms. The van der Waals surface area contributed by atoms with Gasteiger partial charge in [0.2, 0.25) is 5.91 Å². The molecular weight excluding hydrogens is 356 g/mol. The first-order chi connectivity index (χ1) is 13.1. The number of aryl methyl sites for hydroxylation is 1. The van der Waals surface area contributed by atoms with Crippen molar-refractivity contribution in [2.45, 2.75) is 52.7 Å². The van der Waals surface area contributed by atoms with Crippen LogP contribution in [0.3, 0.4) is 0 Å². The molecule has 2 atom stereocenters. The summed E-state index contributed by atoms with van der Waals surface area (Å²) in [7, 11) is 1.91. The average Bonchev–Trinajstić information content (AvgIpc) is 3.04. The van der Waals surface area contributed by atoms with Crippen LogP contribution in [0.1, 0.15) is 41.0 Å². The Morgan fingerprint density at radius 2 is 1.86 bits per heavy atom. The molecule has 28 heavy (non-hydrogen) atoms. The normalized spacial score (nSPS) is 13.5. The molecular formula is C21H30N4O3. The van der Waals surface area contributed by atoms with Crippen molar-refractivity contribution in [2.24, 2.45) is 13.0 Å². The van der Waals surface area contributed by atoms with E-state index >= 15 is 0 Å². The maximum Gasteiger partial charge on any atom is 0.408 e. The van der Waals surface area contributed by atoms with Crippen LogP contribution in [0.4, 0.5) is 10.5 Å². The number of imidazole rings is 1. The van der Waals surface area contributed by atoms with Gasteiger partial charge in [0, 0.05) is 24.5 Å². The monoisotopic (exact) mass is 386 g/mol. The molecule has 1 heterocycles. The van der Waals surface area contributed by atoms with Gasteiger partial charge in [-0.1, -0.05) is 32.4 Å². The van der Waals surface area contributed by atoms with Crippen molar-refractivity contribution in [1.82, 2.24) is 14.9 Å². The van der Waals surface area contributed by atoms with Gasteiger partial charge in [-0.25, -0.2) is 9.78 Å². The smallest absolute Gasteiger partial charge is 0.408 e. The number of nitrogens with zero attached hydrogens (tertiary/aromatic N) is 2. The minimum Gasteiger partial charge on any atom is -0.444 e. The molecule has 7 nitrogen and oxygen atoms in total. The van der Waals surface area contributed by atoms with Gasteiger partial charge in [-0.2, -0.15) is 0 Å².